The van der Waals surface area contributed by atoms with Crippen LogP contribution in [-0.2, 0) is 6.42 Å². The Labute approximate surface area is 119 Å². The molecule has 1 aliphatic rings. The van der Waals surface area contributed by atoms with Gasteiger partial charge >= 0.3 is 0 Å². The van der Waals surface area contributed by atoms with E-state index < -0.39 is 5.92 Å². The molecule has 0 aliphatic heterocycles. The van der Waals surface area contributed by atoms with Crippen LogP contribution in [-0.4, -0.2) is 26.1 Å². The summed E-state index contributed by atoms with van der Waals surface area (Å²) in [4.78, 5) is 0. The van der Waals surface area contributed by atoms with E-state index in [0.29, 0.717) is 18.8 Å². The Morgan fingerprint density at radius 3 is 2.55 bits per heavy atom. The van der Waals surface area contributed by atoms with Crippen molar-refractivity contribution in [2.75, 3.05) is 14.2 Å². The maximum absolute atomic E-state index is 13.3. The van der Waals surface area contributed by atoms with Gasteiger partial charge in [0.2, 0.25) is 5.92 Å². The number of likely N-dealkylation sites (N-methyl/N-ethyl adjacent to an activating group) is 1. The molecule has 0 bridgehead atoms. The van der Waals surface area contributed by atoms with Gasteiger partial charge in [0.05, 0.1) is 7.11 Å². The maximum atomic E-state index is 13.3. The van der Waals surface area contributed by atoms with Gasteiger partial charge in [-0.2, -0.15) is 0 Å². The van der Waals surface area contributed by atoms with Crippen molar-refractivity contribution in [1.29, 1.82) is 0 Å². The molecule has 1 atom stereocenters. The Kier molecular flexibility index (Phi) is 4.97. The summed E-state index contributed by atoms with van der Waals surface area (Å²) in [5.41, 5.74) is 1.13. The third kappa shape index (κ3) is 3.69. The number of halogens is 2. The minimum absolute atomic E-state index is 0.0156. The lowest BCUT2D eigenvalue weighted by Gasteiger charge is -2.34. The van der Waals surface area contributed by atoms with Crippen LogP contribution in [0.5, 0.6) is 5.75 Å². The molecule has 0 heterocycles. The zero-order valence-corrected chi connectivity index (χ0v) is 12.2. The van der Waals surface area contributed by atoms with Crippen LogP contribution >= 0.6 is 0 Å². The number of rotatable bonds is 5. The molecular formula is C16H23F2NO. The largest absolute Gasteiger partial charge is 0.496 e. The van der Waals surface area contributed by atoms with Crippen molar-refractivity contribution >= 4 is 0 Å². The number of benzene rings is 1. The van der Waals surface area contributed by atoms with Crippen molar-refractivity contribution in [1.82, 2.24) is 5.32 Å². The van der Waals surface area contributed by atoms with Gasteiger partial charge in [-0.15, -0.1) is 0 Å². The topological polar surface area (TPSA) is 21.3 Å². The second kappa shape index (κ2) is 6.53. The van der Waals surface area contributed by atoms with E-state index in [1.165, 1.54) is 0 Å². The Balaban J connectivity index is 2.02. The van der Waals surface area contributed by atoms with Crippen LogP contribution in [0.4, 0.5) is 8.78 Å². The average molecular weight is 283 g/mol. The van der Waals surface area contributed by atoms with Crippen molar-refractivity contribution in [3.8, 4) is 5.75 Å². The van der Waals surface area contributed by atoms with E-state index >= 15 is 0 Å². The maximum Gasteiger partial charge on any atom is 0.248 e. The Morgan fingerprint density at radius 1 is 1.30 bits per heavy atom. The molecule has 2 rings (SSSR count). The highest BCUT2D eigenvalue weighted by Crippen LogP contribution is 2.38. The zero-order chi connectivity index (χ0) is 14.6. The number of hydrogen-bond donors (Lipinski definition) is 1. The van der Waals surface area contributed by atoms with Gasteiger partial charge in [0.1, 0.15) is 5.75 Å². The molecule has 1 unspecified atom stereocenters. The predicted octanol–water partition coefficient (Wildman–Crippen LogP) is 3.65. The van der Waals surface area contributed by atoms with Crippen molar-refractivity contribution in [3.63, 3.8) is 0 Å². The smallest absolute Gasteiger partial charge is 0.248 e. The molecule has 112 valence electrons. The molecule has 20 heavy (non-hydrogen) atoms. The first kappa shape index (κ1) is 15.2. The summed E-state index contributed by atoms with van der Waals surface area (Å²) in [6.45, 7) is 0. The molecule has 2 nitrogen and oxygen atoms in total. The van der Waals surface area contributed by atoms with Crippen molar-refractivity contribution in [2.24, 2.45) is 5.92 Å². The van der Waals surface area contributed by atoms with E-state index in [4.69, 9.17) is 4.74 Å². The first-order valence-electron chi connectivity index (χ1n) is 7.23. The SMILES string of the molecule is CNC(Cc1ccccc1OC)C1CCC(F)(F)CC1. The molecule has 1 fully saturated rings. The van der Waals surface area contributed by atoms with E-state index in [9.17, 15) is 8.78 Å². The van der Waals surface area contributed by atoms with E-state index in [-0.39, 0.29) is 18.9 Å². The summed E-state index contributed by atoms with van der Waals surface area (Å²) in [6.07, 6.45) is 2.03. The van der Waals surface area contributed by atoms with Crippen LogP contribution in [0.25, 0.3) is 0 Å². The third-order valence-electron chi connectivity index (χ3n) is 4.33. The molecule has 1 saturated carbocycles. The summed E-state index contributed by atoms with van der Waals surface area (Å²) < 4.78 is 31.9. The molecule has 1 aromatic carbocycles. The molecule has 4 heteroatoms. The van der Waals surface area contributed by atoms with Crippen LogP contribution < -0.4 is 10.1 Å². The molecule has 1 N–H and O–H groups in total. The fourth-order valence-corrected chi connectivity index (χ4v) is 3.08. The van der Waals surface area contributed by atoms with E-state index in [0.717, 1.165) is 17.7 Å². The Bertz CT molecular complexity index is 426. The van der Waals surface area contributed by atoms with E-state index in [1.54, 1.807) is 7.11 Å². The first-order valence-corrected chi connectivity index (χ1v) is 7.23. The number of methoxy groups -OCH3 is 1. The van der Waals surface area contributed by atoms with Gasteiger partial charge in [-0.05, 0) is 43.9 Å². The van der Waals surface area contributed by atoms with Crippen molar-refractivity contribution in [3.05, 3.63) is 29.8 Å². The van der Waals surface area contributed by atoms with Crippen LogP contribution in [0.2, 0.25) is 0 Å². The van der Waals surface area contributed by atoms with Gasteiger partial charge in [-0.3, -0.25) is 0 Å². The predicted molar refractivity (Wildman–Crippen MR) is 76.5 cm³/mol. The lowest BCUT2D eigenvalue weighted by Crippen LogP contribution is -2.39. The van der Waals surface area contributed by atoms with Gasteiger partial charge in [0, 0.05) is 18.9 Å². The fourth-order valence-electron chi connectivity index (χ4n) is 3.08. The zero-order valence-electron chi connectivity index (χ0n) is 12.2. The van der Waals surface area contributed by atoms with Gasteiger partial charge in [0.15, 0.2) is 0 Å². The highest BCUT2D eigenvalue weighted by atomic mass is 19.3. The Morgan fingerprint density at radius 2 is 1.95 bits per heavy atom. The minimum atomic E-state index is -2.46. The quantitative estimate of drug-likeness (QED) is 0.890. The summed E-state index contributed by atoms with van der Waals surface area (Å²) >= 11 is 0. The van der Waals surface area contributed by atoms with Gasteiger partial charge in [0.25, 0.3) is 0 Å². The lowest BCUT2D eigenvalue weighted by molar-refractivity contribution is -0.0492. The molecule has 0 aromatic heterocycles. The van der Waals surface area contributed by atoms with Crippen molar-refractivity contribution < 1.29 is 13.5 Å². The second-order valence-corrected chi connectivity index (χ2v) is 5.60. The summed E-state index contributed by atoms with van der Waals surface area (Å²) in [5.74, 6) is -1.28. The molecule has 1 aliphatic carbocycles. The fraction of sp³-hybridized carbons (Fsp3) is 0.625. The normalized spacial score (nSPS) is 20.6. The second-order valence-electron chi connectivity index (χ2n) is 5.60. The van der Waals surface area contributed by atoms with Crippen LogP contribution in [0.3, 0.4) is 0 Å². The number of alkyl halides is 2. The highest BCUT2D eigenvalue weighted by molar-refractivity contribution is 5.34. The standard InChI is InChI=1S/C16H23F2NO/c1-19-14(12-7-9-16(17,18)10-8-12)11-13-5-3-4-6-15(13)20-2/h3-6,12,14,19H,7-11H2,1-2H3. The van der Waals surface area contributed by atoms with Gasteiger partial charge in [-0.1, -0.05) is 18.2 Å². The number of hydrogen-bond acceptors (Lipinski definition) is 2. The average Bonchev–Trinajstić information content (AvgIpc) is 2.45. The molecule has 0 saturated heterocycles. The molecule has 0 spiro atoms. The molecule has 1 aromatic rings. The minimum Gasteiger partial charge on any atom is -0.496 e. The molecular weight excluding hydrogens is 260 g/mol. The van der Waals surface area contributed by atoms with Crippen LogP contribution in [0.15, 0.2) is 24.3 Å². The van der Waals surface area contributed by atoms with Crippen LogP contribution in [0, 0.1) is 5.92 Å². The molecule has 0 amide bonds. The Hall–Kier alpha value is -1.16. The number of nitrogens with one attached hydrogen (secondary N) is 1. The lowest BCUT2D eigenvalue weighted by atomic mass is 9.80. The molecule has 0 radical (unpaired) electrons. The number of ether oxygens (including phenoxy) is 1. The third-order valence-corrected chi connectivity index (χ3v) is 4.33. The summed E-state index contributed by atoms with van der Waals surface area (Å²) in [5, 5.41) is 3.30. The van der Waals surface area contributed by atoms with E-state index in [2.05, 4.69) is 5.32 Å². The highest BCUT2D eigenvalue weighted by Gasteiger charge is 2.37. The van der Waals surface area contributed by atoms with Gasteiger partial charge < -0.3 is 10.1 Å². The number of para-hydroxylation sites is 1. The van der Waals surface area contributed by atoms with Crippen LogP contribution in [0.1, 0.15) is 31.2 Å². The van der Waals surface area contributed by atoms with Crippen molar-refractivity contribution in [2.45, 2.75) is 44.1 Å². The van der Waals surface area contributed by atoms with Gasteiger partial charge in [-0.25, -0.2) is 8.78 Å². The summed E-state index contributed by atoms with van der Waals surface area (Å²) in [7, 11) is 3.57. The van der Waals surface area contributed by atoms with E-state index in [1.807, 2.05) is 31.3 Å². The first-order chi connectivity index (χ1) is 9.55. The summed E-state index contributed by atoms with van der Waals surface area (Å²) in [6, 6.07) is 8.14. The monoisotopic (exact) mass is 283 g/mol.